The third kappa shape index (κ3) is 3.05. The second-order valence-electron chi connectivity index (χ2n) is 3.48. The molecule has 0 aliphatic rings. The highest BCUT2D eigenvalue weighted by atomic mass is 79.9. The van der Waals surface area contributed by atoms with E-state index < -0.39 is 0 Å². The summed E-state index contributed by atoms with van der Waals surface area (Å²) in [6.07, 6.45) is 1.75. The lowest BCUT2D eigenvalue weighted by atomic mass is 10.2. The molecule has 0 spiro atoms. The van der Waals surface area contributed by atoms with Gasteiger partial charge in [0, 0.05) is 10.7 Å². The molecule has 0 unspecified atom stereocenters. The predicted octanol–water partition coefficient (Wildman–Crippen LogP) is 3.33. The number of rotatable bonds is 3. The van der Waals surface area contributed by atoms with Gasteiger partial charge in [0.25, 0.3) is 0 Å². The molecular weight excluding hydrogens is 278 g/mol. The second-order valence-corrected chi connectivity index (χ2v) is 4.39. The molecule has 4 heteroatoms. The lowest BCUT2D eigenvalue weighted by Crippen LogP contribution is -2.02. The molecule has 2 aromatic rings. The summed E-state index contributed by atoms with van der Waals surface area (Å²) in [7, 11) is 0. The highest BCUT2D eigenvalue weighted by molar-refractivity contribution is 9.10. The van der Waals surface area contributed by atoms with Crippen molar-refractivity contribution in [3.05, 3.63) is 58.3 Å². The average molecular weight is 288 g/mol. The van der Waals surface area contributed by atoms with E-state index in [0.29, 0.717) is 12.1 Å². The molecule has 0 aliphatic carbocycles. The number of aromatic nitrogens is 1. The maximum Gasteiger partial charge on any atom is 0.101 e. The van der Waals surface area contributed by atoms with Gasteiger partial charge in [-0.3, -0.25) is 4.98 Å². The summed E-state index contributed by atoms with van der Waals surface area (Å²) in [6, 6.07) is 13.5. The fourth-order valence-electron chi connectivity index (χ4n) is 1.45. The Balaban J connectivity index is 2.12. The highest BCUT2D eigenvalue weighted by Crippen LogP contribution is 2.20. The van der Waals surface area contributed by atoms with Crippen LogP contribution in [0.4, 0.5) is 5.69 Å². The molecule has 0 saturated carbocycles. The summed E-state index contributed by atoms with van der Waals surface area (Å²) in [5, 5.41) is 12.2. The van der Waals surface area contributed by atoms with Gasteiger partial charge in [0.05, 0.1) is 23.5 Å². The molecule has 0 aliphatic heterocycles. The Kier molecular flexibility index (Phi) is 3.73. The molecule has 0 atom stereocenters. The van der Waals surface area contributed by atoms with Crippen LogP contribution in [0, 0.1) is 11.3 Å². The van der Waals surface area contributed by atoms with E-state index in [2.05, 4.69) is 32.3 Å². The number of benzene rings is 1. The van der Waals surface area contributed by atoms with E-state index >= 15 is 0 Å². The molecule has 1 aromatic heterocycles. The van der Waals surface area contributed by atoms with Crippen LogP contribution in [-0.2, 0) is 6.54 Å². The Hall–Kier alpha value is -1.86. The third-order valence-electron chi connectivity index (χ3n) is 2.29. The minimum absolute atomic E-state index is 0.608. The van der Waals surface area contributed by atoms with Gasteiger partial charge in [0.1, 0.15) is 6.07 Å². The van der Waals surface area contributed by atoms with E-state index in [4.69, 9.17) is 5.26 Å². The van der Waals surface area contributed by atoms with Gasteiger partial charge in [0.15, 0.2) is 0 Å². The zero-order valence-corrected chi connectivity index (χ0v) is 10.6. The van der Waals surface area contributed by atoms with Crippen LogP contribution in [0.15, 0.2) is 47.1 Å². The molecule has 0 saturated heterocycles. The van der Waals surface area contributed by atoms with E-state index in [1.54, 1.807) is 12.3 Å². The van der Waals surface area contributed by atoms with Gasteiger partial charge in [-0.15, -0.1) is 0 Å². The topological polar surface area (TPSA) is 48.7 Å². The lowest BCUT2D eigenvalue weighted by Gasteiger charge is -2.07. The summed E-state index contributed by atoms with van der Waals surface area (Å²) in [5.41, 5.74) is 2.39. The number of nitrogens with one attached hydrogen (secondary N) is 1. The van der Waals surface area contributed by atoms with E-state index in [1.807, 2.05) is 30.3 Å². The lowest BCUT2D eigenvalue weighted by molar-refractivity contribution is 1.04. The van der Waals surface area contributed by atoms with Crippen molar-refractivity contribution in [3.63, 3.8) is 0 Å². The Bertz CT molecular complexity index is 546. The minimum atomic E-state index is 0.608. The monoisotopic (exact) mass is 287 g/mol. The minimum Gasteiger partial charge on any atom is -0.378 e. The van der Waals surface area contributed by atoms with Crippen LogP contribution in [-0.4, -0.2) is 4.98 Å². The second kappa shape index (κ2) is 5.46. The van der Waals surface area contributed by atoms with Gasteiger partial charge >= 0.3 is 0 Å². The summed E-state index contributed by atoms with van der Waals surface area (Å²) in [6.45, 7) is 0.608. The first-order valence-electron chi connectivity index (χ1n) is 5.13. The van der Waals surface area contributed by atoms with Gasteiger partial charge in [-0.25, -0.2) is 0 Å². The number of nitrogens with zero attached hydrogens (tertiary/aromatic N) is 2. The predicted molar refractivity (Wildman–Crippen MR) is 70.4 cm³/mol. The molecule has 1 aromatic carbocycles. The van der Waals surface area contributed by atoms with Crippen LogP contribution in [0.5, 0.6) is 0 Å². The molecule has 1 heterocycles. The van der Waals surface area contributed by atoms with Crippen molar-refractivity contribution in [2.24, 2.45) is 0 Å². The Morgan fingerprint density at radius 3 is 2.88 bits per heavy atom. The average Bonchev–Trinajstić information content (AvgIpc) is 2.38. The van der Waals surface area contributed by atoms with Crippen molar-refractivity contribution in [2.75, 3.05) is 5.32 Å². The Morgan fingerprint density at radius 1 is 1.29 bits per heavy atom. The molecule has 0 radical (unpaired) electrons. The number of anilines is 1. The molecule has 17 heavy (non-hydrogen) atoms. The number of pyridine rings is 1. The Morgan fingerprint density at radius 2 is 2.18 bits per heavy atom. The summed E-state index contributed by atoms with van der Waals surface area (Å²) < 4.78 is 0.900. The van der Waals surface area contributed by atoms with Crippen molar-refractivity contribution in [1.29, 1.82) is 5.26 Å². The van der Waals surface area contributed by atoms with Crippen molar-refractivity contribution in [1.82, 2.24) is 4.98 Å². The third-order valence-corrected chi connectivity index (χ3v) is 2.78. The quantitative estimate of drug-likeness (QED) is 0.942. The van der Waals surface area contributed by atoms with Crippen molar-refractivity contribution in [2.45, 2.75) is 6.54 Å². The first-order valence-corrected chi connectivity index (χ1v) is 5.92. The van der Waals surface area contributed by atoms with E-state index in [0.717, 1.165) is 15.9 Å². The molecular formula is C13H10BrN3. The van der Waals surface area contributed by atoms with Crippen LogP contribution in [0.2, 0.25) is 0 Å². The van der Waals surface area contributed by atoms with Gasteiger partial charge < -0.3 is 5.32 Å². The number of halogens is 1. The summed E-state index contributed by atoms with van der Waals surface area (Å²) in [4.78, 5) is 4.21. The highest BCUT2D eigenvalue weighted by Gasteiger charge is 2.02. The normalized spacial score (nSPS) is 9.65. The fourth-order valence-corrected chi connectivity index (χ4v) is 1.81. The summed E-state index contributed by atoms with van der Waals surface area (Å²) >= 11 is 3.34. The number of hydrogen-bond acceptors (Lipinski definition) is 3. The SMILES string of the molecule is N#Cc1cc(Br)ccc1NCc1ccccn1. The van der Waals surface area contributed by atoms with Crippen LogP contribution < -0.4 is 5.32 Å². The van der Waals surface area contributed by atoms with Crippen molar-refractivity contribution in [3.8, 4) is 6.07 Å². The van der Waals surface area contributed by atoms with Crippen LogP contribution >= 0.6 is 15.9 Å². The fraction of sp³-hybridized carbons (Fsp3) is 0.0769. The van der Waals surface area contributed by atoms with Crippen molar-refractivity contribution < 1.29 is 0 Å². The molecule has 0 fully saturated rings. The van der Waals surface area contributed by atoms with E-state index in [1.165, 1.54) is 0 Å². The van der Waals surface area contributed by atoms with E-state index in [9.17, 15) is 0 Å². The van der Waals surface area contributed by atoms with Gasteiger partial charge in [-0.1, -0.05) is 22.0 Å². The maximum absolute atomic E-state index is 9.01. The standard InChI is InChI=1S/C13H10BrN3/c14-11-4-5-13(10(7-11)8-15)17-9-12-3-1-2-6-16-12/h1-7,17H,9H2. The molecule has 0 bridgehead atoms. The maximum atomic E-state index is 9.01. The summed E-state index contributed by atoms with van der Waals surface area (Å²) in [5.74, 6) is 0. The van der Waals surface area contributed by atoms with Crippen LogP contribution in [0.3, 0.4) is 0 Å². The molecule has 1 N–H and O–H groups in total. The largest absolute Gasteiger partial charge is 0.378 e. The van der Waals surface area contributed by atoms with E-state index in [-0.39, 0.29) is 0 Å². The van der Waals surface area contributed by atoms with Crippen molar-refractivity contribution >= 4 is 21.6 Å². The Labute approximate surface area is 108 Å². The number of nitriles is 1. The molecule has 2 rings (SSSR count). The smallest absolute Gasteiger partial charge is 0.101 e. The van der Waals surface area contributed by atoms with Crippen LogP contribution in [0.1, 0.15) is 11.3 Å². The first-order chi connectivity index (χ1) is 8.29. The van der Waals surface area contributed by atoms with Gasteiger partial charge in [0.2, 0.25) is 0 Å². The molecule has 0 amide bonds. The first kappa shape index (κ1) is 11.6. The van der Waals surface area contributed by atoms with Gasteiger partial charge in [-0.2, -0.15) is 5.26 Å². The number of hydrogen-bond donors (Lipinski definition) is 1. The zero-order chi connectivity index (χ0) is 12.1. The van der Waals surface area contributed by atoms with Crippen LogP contribution in [0.25, 0.3) is 0 Å². The molecule has 84 valence electrons. The molecule has 3 nitrogen and oxygen atoms in total. The zero-order valence-electron chi connectivity index (χ0n) is 9.02. The van der Waals surface area contributed by atoms with Gasteiger partial charge in [-0.05, 0) is 30.3 Å².